The number of amides is 1. The lowest BCUT2D eigenvalue weighted by Crippen LogP contribution is -2.47. The fourth-order valence-electron chi connectivity index (χ4n) is 9.97. The number of nitrogens with one attached hydrogen (secondary N) is 1. The second kappa shape index (κ2) is 15.9. The average Bonchev–Trinajstić information content (AvgIpc) is 3.77. The number of aromatic hydroxyl groups is 2. The molecule has 0 radical (unpaired) electrons. The Bertz CT molecular complexity index is 2330. The number of hydrogen-bond acceptors (Lipinski definition) is 14. The molecular weight excluding hydrogens is 773 g/mol. The minimum atomic E-state index is -1.95. The van der Waals surface area contributed by atoms with Crippen LogP contribution in [0, 0.1) is 30.6 Å². The van der Waals surface area contributed by atoms with Crippen molar-refractivity contribution in [3.8, 4) is 17.2 Å². The van der Waals surface area contributed by atoms with Crippen molar-refractivity contribution < 1.29 is 53.8 Å². The molecule has 5 aliphatic rings. The molecule has 11 atom stereocenters. The molecule has 1 amide bonds. The van der Waals surface area contributed by atoms with Gasteiger partial charge in [0.2, 0.25) is 0 Å². The molecule has 0 aliphatic carbocycles. The third kappa shape index (κ3) is 7.16. The standard InChI is InChI=1S/C45H58N4O11/c1-20-12-11-13-21(2)43(56)46-35-34-33(47-45(48-34)18-27-14-15-28(19-45)49(27)9)30-31(39(35)54)38(53)25(6)41-32(30)42(55)44(8,60-41)58-17-16-29(57-10)22(3)40(59-26(7)50)24(5)37(52)23(4)36(20)51/h11-13,16-17,20,22-24,27-29,36-37,40,51-54H,14-15,18-19H2,1-10H3,(H,46,56)/b12-11+,17-16+,21-13-/t20-,22+,23+,24+,27?,28?,29-,36-,37+,40+,44-,45?/m0/s1. The molecule has 7 rings (SSSR count). The highest BCUT2D eigenvalue weighted by Gasteiger charge is 2.52. The molecule has 2 unspecified atom stereocenters. The molecule has 5 aliphatic heterocycles. The topological polar surface area (TPSA) is 209 Å². The number of phenolic OH excluding ortho intramolecular Hbond substituents is 2. The van der Waals surface area contributed by atoms with Crippen LogP contribution in [0.4, 0.5) is 5.69 Å². The summed E-state index contributed by atoms with van der Waals surface area (Å²) in [4.78, 5) is 53.8. The highest BCUT2D eigenvalue weighted by Crippen LogP contribution is 2.50. The van der Waals surface area contributed by atoms with Crippen LogP contribution in [0.3, 0.4) is 0 Å². The summed E-state index contributed by atoms with van der Waals surface area (Å²) < 4.78 is 24.0. The number of carbonyl (C=O) groups excluding carboxylic acids is 3. The SMILES string of the molecule is CO[C@H]1/C=C/O[C@@]2(C)Oc3c(C)c(O)c4c(O)c(c5c(c4c3C2=O)=NC2(CC3CCC(C2)N3C)N=5)NC(=O)/C(C)=C\C=C\[C@H](C)[C@H](O)[C@@H](C)[C@@H](O)[C@@H](C)[C@H](OC(C)=O)[C@@H]1C. The zero-order valence-electron chi connectivity index (χ0n) is 36.0. The molecule has 1 spiro atoms. The first-order valence-electron chi connectivity index (χ1n) is 20.8. The van der Waals surface area contributed by atoms with Crippen molar-refractivity contribution in [2.75, 3.05) is 19.5 Å². The minimum absolute atomic E-state index is 0.0445. The zero-order valence-corrected chi connectivity index (χ0v) is 36.0. The molecule has 6 bridgehead atoms. The van der Waals surface area contributed by atoms with Crippen LogP contribution in [0.25, 0.3) is 10.8 Å². The number of phenols is 2. The van der Waals surface area contributed by atoms with Crippen molar-refractivity contribution in [2.24, 2.45) is 33.7 Å². The number of ether oxygens (including phenoxy) is 4. The molecule has 0 aromatic heterocycles. The summed E-state index contributed by atoms with van der Waals surface area (Å²) in [6, 6.07) is 0.413. The third-order valence-corrected chi connectivity index (χ3v) is 13.7. The summed E-state index contributed by atoms with van der Waals surface area (Å²) in [5.41, 5.74) is -0.525. The van der Waals surface area contributed by atoms with Gasteiger partial charge in [0.15, 0.2) is 11.4 Å². The molecule has 15 heteroatoms. The Labute approximate surface area is 349 Å². The van der Waals surface area contributed by atoms with Crippen molar-refractivity contribution in [2.45, 2.75) is 129 Å². The Morgan fingerprint density at radius 3 is 2.22 bits per heavy atom. The predicted octanol–water partition coefficient (Wildman–Crippen LogP) is 4.25. The maximum absolute atomic E-state index is 14.7. The van der Waals surface area contributed by atoms with Gasteiger partial charge in [0.1, 0.15) is 28.6 Å². The van der Waals surface area contributed by atoms with E-state index in [2.05, 4.69) is 17.3 Å². The zero-order chi connectivity index (χ0) is 43.7. The van der Waals surface area contributed by atoms with E-state index in [1.54, 1.807) is 65.8 Å². The largest absolute Gasteiger partial charge is 0.507 e. The molecule has 2 aromatic carbocycles. The summed E-state index contributed by atoms with van der Waals surface area (Å²) in [5.74, 6) is -6.85. The number of allylic oxidation sites excluding steroid dienone is 2. The van der Waals surface area contributed by atoms with Gasteiger partial charge in [0.25, 0.3) is 11.7 Å². The van der Waals surface area contributed by atoms with Gasteiger partial charge < -0.3 is 49.6 Å². The summed E-state index contributed by atoms with van der Waals surface area (Å²) in [7, 11) is 3.57. The number of piperidine rings is 1. The quantitative estimate of drug-likeness (QED) is 0.213. The molecule has 5 N–H and O–H groups in total. The summed E-state index contributed by atoms with van der Waals surface area (Å²) in [5, 5.41) is 50.3. The summed E-state index contributed by atoms with van der Waals surface area (Å²) >= 11 is 0. The van der Waals surface area contributed by atoms with E-state index >= 15 is 0 Å². The number of rotatable bonds is 2. The number of ketones is 1. The summed E-state index contributed by atoms with van der Waals surface area (Å²) in [6.45, 7) is 12.9. The van der Waals surface area contributed by atoms with Crippen molar-refractivity contribution in [1.82, 2.24) is 4.90 Å². The first-order chi connectivity index (χ1) is 28.2. The third-order valence-electron chi connectivity index (χ3n) is 13.7. The van der Waals surface area contributed by atoms with E-state index in [-0.39, 0.29) is 67.5 Å². The van der Waals surface area contributed by atoms with Gasteiger partial charge >= 0.3 is 11.8 Å². The van der Waals surface area contributed by atoms with E-state index in [9.17, 15) is 34.8 Å². The molecular formula is C45H58N4O11. The second-order valence-corrected chi connectivity index (χ2v) is 17.7. The van der Waals surface area contributed by atoms with Crippen LogP contribution in [-0.4, -0.2) is 105 Å². The summed E-state index contributed by atoms with van der Waals surface area (Å²) in [6.07, 6.45) is 7.10. The maximum Gasteiger partial charge on any atom is 0.312 e. The van der Waals surface area contributed by atoms with Gasteiger partial charge in [-0.2, -0.15) is 0 Å². The normalized spacial score (nSPS) is 37.7. The number of anilines is 1. The Morgan fingerprint density at radius 1 is 0.933 bits per heavy atom. The van der Waals surface area contributed by atoms with Crippen LogP contribution in [0.15, 0.2) is 46.1 Å². The van der Waals surface area contributed by atoms with E-state index in [0.29, 0.717) is 12.8 Å². The molecule has 2 aromatic rings. The minimum Gasteiger partial charge on any atom is -0.507 e. The number of nitrogens with zero attached hydrogens (tertiary/aromatic N) is 3. The van der Waals surface area contributed by atoms with Gasteiger partial charge in [-0.1, -0.05) is 45.9 Å². The van der Waals surface area contributed by atoms with Crippen LogP contribution in [0.2, 0.25) is 0 Å². The number of carbonyl (C=O) groups is 3. The first kappa shape index (κ1) is 43.3. The molecule has 2 saturated heterocycles. The average molecular weight is 831 g/mol. The van der Waals surface area contributed by atoms with Crippen LogP contribution in [0.5, 0.6) is 17.2 Å². The fraction of sp³-hybridized carbons (Fsp3) is 0.578. The molecule has 0 saturated carbocycles. The smallest absolute Gasteiger partial charge is 0.312 e. The predicted molar refractivity (Wildman–Crippen MR) is 221 cm³/mol. The first-order valence-corrected chi connectivity index (χ1v) is 20.8. The molecule has 5 heterocycles. The number of Topliss-reactive ketones (excluding diaryl/α,β-unsaturated/α-hetero) is 1. The Kier molecular flexibility index (Phi) is 11.5. The molecule has 60 heavy (non-hydrogen) atoms. The number of aliphatic hydroxyl groups is 2. The number of aliphatic hydroxyl groups excluding tert-OH is 2. The van der Waals surface area contributed by atoms with E-state index in [0.717, 1.165) is 12.8 Å². The Hall–Kier alpha value is -4.83. The van der Waals surface area contributed by atoms with Crippen molar-refractivity contribution in [3.63, 3.8) is 0 Å². The van der Waals surface area contributed by atoms with E-state index in [1.165, 1.54) is 27.2 Å². The van der Waals surface area contributed by atoms with Crippen LogP contribution < -0.4 is 20.8 Å². The fourth-order valence-corrected chi connectivity index (χ4v) is 9.97. The van der Waals surface area contributed by atoms with Gasteiger partial charge in [0.05, 0.1) is 40.9 Å². The second-order valence-electron chi connectivity index (χ2n) is 17.7. The van der Waals surface area contributed by atoms with E-state index in [1.807, 2.05) is 0 Å². The van der Waals surface area contributed by atoms with Gasteiger partial charge in [-0.3, -0.25) is 24.4 Å². The monoisotopic (exact) mass is 830 g/mol. The lowest BCUT2D eigenvalue weighted by molar-refractivity contribution is -0.160. The highest BCUT2D eigenvalue weighted by atomic mass is 16.7. The van der Waals surface area contributed by atoms with E-state index < -0.39 is 82.9 Å². The number of fused-ring (bicyclic) bond motifs is 3. The number of hydrogen-bond donors (Lipinski definition) is 5. The van der Waals surface area contributed by atoms with Gasteiger partial charge in [0, 0.05) is 86.1 Å². The van der Waals surface area contributed by atoms with Crippen LogP contribution in [-0.2, 0) is 23.8 Å². The number of benzene rings is 2. The van der Waals surface area contributed by atoms with Gasteiger partial charge in [-0.15, -0.1) is 0 Å². The molecule has 2 fully saturated rings. The Morgan fingerprint density at radius 2 is 1.58 bits per heavy atom. The van der Waals surface area contributed by atoms with E-state index in [4.69, 9.17) is 28.9 Å². The van der Waals surface area contributed by atoms with Gasteiger partial charge in [-0.25, -0.2) is 0 Å². The molecule has 324 valence electrons. The molecule has 15 nitrogen and oxygen atoms in total. The van der Waals surface area contributed by atoms with Crippen LogP contribution in [0.1, 0.15) is 90.1 Å². The maximum atomic E-state index is 14.7. The lowest BCUT2D eigenvalue weighted by Gasteiger charge is -2.39. The van der Waals surface area contributed by atoms with Crippen molar-refractivity contribution >= 4 is 34.1 Å². The van der Waals surface area contributed by atoms with Crippen LogP contribution >= 0.6 is 0 Å². The van der Waals surface area contributed by atoms with Gasteiger partial charge in [-0.05, 0) is 39.8 Å². The van der Waals surface area contributed by atoms with Crippen molar-refractivity contribution in [3.05, 3.63) is 58.0 Å². The van der Waals surface area contributed by atoms with Crippen molar-refractivity contribution in [1.29, 1.82) is 0 Å². The lowest BCUT2D eigenvalue weighted by atomic mass is 9.78. The highest BCUT2D eigenvalue weighted by molar-refractivity contribution is 6.19. The number of methoxy groups -OCH3 is 1. The Balaban J connectivity index is 1.41. The number of esters is 1.